The summed E-state index contributed by atoms with van der Waals surface area (Å²) < 4.78 is 18.7. The first kappa shape index (κ1) is 13.9. The normalized spacial score (nSPS) is 12.8. The van der Waals surface area contributed by atoms with Crippen LogP contribution in [-0.2, 0) is 6.54 Å². The van der Waals surface area contributed by atoms with Crippen molar-refractivity contribution in [2.75, 3.05) is 20.2 Å². The average molecular weight is 240 g/mol. The number of halogens is 1. The summed E-state index contributed by atoms with van der Waals surface area (Å²) in [6.07, 6.45) is 0. The monoisotopic (exact) mass is 240 g/mol. The minimum atomic E-state index is -0.307. The van der Waals surface area contributed by atoms with E-state index >= 15 is 0 Å². The molecule has 0 aromatic heterocycles. The van der Waals surface area contributed by atoms with Crippen molar-refractivity contribution in [2.24, 2.45) is 5.73 Å². The predicted octanol–water partition coefficient (Wildman–Crippen LogP) is 2.00. The highest BCUT2D eigenvalue weighted by molar-refractivity contribution is 5.29. The summed E-state index contributed by atoms with van der Waals surface area (Å²) in [5, 5.41) is 0. The van der Waals surface area contributed by atoms with Crippen LogP contribution in [0.3, 0.4) is 0 Å². The molecule has 0 fully saturated rings. The number of likely N-dealkylation sites (N-methyl/N-ethyl adjacent to an activating group) is 1. The van der Waals surface area contributed by atoms with E-state index in [1.54, 1.807) is 6.07 Å². The molecule has 1 unspecified atom stereocenters. The number of hydrogen-bond acceptors (Lipinski definition) is 3. The van der Waals surface area contributed by atoms with Crippen LogP contribution in [0.5, 0.6) is 5.75 Å². The lowest BCUT2D eigenvalue weighted by molar-refractivity contribution is 0.306. The molecule has 3 nitrogen and oxygen atoms in total. The van der Waals surface area contributed by atoms with Crippen LogP contribution >= 0.6 is 0 Å². The zero-order valence-electron chi connectivity index (χ0n) is 10.7. The average Bonchev–Trinajstić information content (AvgIpc) is 2.21. The molecule has 0 radical (unpaired) electrons. The Morgan fingerprint density at radius 2 is 2.18 bits per heavy atom. The predicted molar refractivity (Wildman–Crippen MR) is 67.6 cm³/mol. The second-order valence-electron chi connectivity index (χ2n) is 4.37. The Labute approximate surface area is 102 Å². The van der Waals surface area contributed by atoms with Gasteiger partial charge in [-0.2, -0.15) is 0 Å². The molecule has 1 atom stereocenters. The van der Waals surface area contributed by atoms with E-state index in [0.29, 0.717) is 18.9 Å². The topological polar surface area (TPSA) is 38.5 Å². The molecule has 0 saturated heterocycles. The van der Waals surface area contributed by atoms with Crippen molar-refractivity contribution in [1.29, 1.82) is 0 Å². The van der Waals surface area contributed by atoms with Crippen molar-refractivity contribution in [1.82, 2.24) is 4.90 Å². The van der Waals surface area contributed by atoms with Gasteiger partial charge in [-0.3, -0.25) is 0 Å². The fourth-order valence-electron chi connectivity index (χ4n) is 1.78. The highest BCUT2D eigenvalue weighted by atomic mass is 19.1. The Kier molecular flexibility index (Phi) is 5.38. The molecule has 17 heavy (non-hydrogen) atoms. The number of hydrogen-bond donors (Lipinski definition) is 1. The third kappa shape index (κ3) is 4.71. The lowest BCUT2D eigenvalue weighted by Crippen LogP contribution is -2.32. The van der Waals surface area contributed by atoms with Gasteiger partial charge >= 0.3 is 0 Å². The van der Waals surface area contributed by atoms with Gasteiger partial charge in [0.05, 0.1) is 6.61 Å². The quantitative estimate of drug-likeness (QED) is 0.826. The van der Waals surface area contributed by atoms with Crippen molar-refractivity contribution >= 4 is 0 Å². The molecule has 96 valence electrons. The Morgan fingerprint density at radius 3 is 2.71 bits per heavy atom. The standard InChI is InChI=1S/C13H21FN2O/c1-4-17-13-6-5-11(7-12(13)14)9-16(3)8-10(2)15/h5-7,10H,4,8-9,15H2,1-3H3. The van der Waals surface area contributed by atoms with E-state index in [1.165, 1.54) is 6.07 Å². The van der Waals surface area contributed by atoms with E-state index in [4.69, 9.17) is 10.5 Å². The summed E-state index contributed by atoms with van der Waals surface area (Å²) in [6, 6.07) is 5.19. The Balaban J connectivity index is 2.63. The summed E-state index contributed by atoms with van der Waals surface area (Å²) in [6.45, 7) is 5.74. The molecule has 2 N–H and O–H groups in total. The number of nitrogens with zero attached hydrogens (tertiary/aromatic N) is 1. The fourth-order valence-corrected chi connectivity index (χ4v) is 1.78. The molecule has 0 aliphatic carbocycles. The molecular formula is C13H21FN2O. The van der Waals surface area contributed by atoms with Crippen molar-refractivity contribution in [3.8, 4) is 5.75 Å². The molecule has 0 heterocycles. The van der Waals surface area contributed by atoms with E-state index in [9.17, 15) is 4.39 Å². The van der Waals surface area contributed by atoms with Crippen LogP contribution in [0, 0.1) is 5.82 Å². The van der Waals surface area contributed by atoms with Gasteiger partial charge in [-0.15, -0.1) is 0 Å². The zero-order valence-corrected chi connectivity index (χ0v) is 10.7. The van der Waals surface area contributed by atoms with E-state index in [0.717, 1.165) is 12.1 Å². The second kappa shape index (κ2) is 6.57. The highest BCUT2D eigenvalue weighted by Crippen LogP contribution is 2.19. The second-order valence-corrected chi connectivity index (χ2v) is 4.37. The van der Waals surface area contributed by atoms with Crippen molar-refractivity contribution in [3.05, 3.63) is 29.6 Å². The minimum Gasteiger partial charge on any atom is -0.491 e. The van der Waals surface area contributed by atoms with Crippen LogP contribution in [0.2, 0.25) is 0 Å². The first-order valence-electron chi connectivity index (χ1n) is 5.88. The third-order valence-electron chi connectivity index (χ3n) is 2.35. The summed E-state index contributed by atoms with van der Waals surface area (Å²) in [4.78, 5) is 2.07. The highest BCUT2D eigenvalue weighted by Gasteiger charge is 2.07. The van der Waals surface area contributed by atoms with Crippen LogP contribution in [-0.4, -0.2) is 31.1 Å². The molecular weight excluding hydrogens is 219 g/mol. The van der Waals surface area contributed by atoms with Gasteiger partial charge in [0.15, 0.2) is 11.6 Å². The van der Waals surface area contributed by atoms with E-state index in [-0.39, 0.29) is 11.9 Å². The molecule has 1 rings (SSSR count). The third-order valence-corrected chi connectivity index (χ3v) is 2.35. The van der Waals surface area contributed by atoms with E-state index < -0.39 is 0 Å². The van der Waals surface area contributed by atoms with Gasteiger partial charge in [-0.25, -0.2) is 4.39 Å². The lowest BCUT2D eigenvalue weighted by atomic mass is 10.2. The molecule has 0 aliphatic rings. The minimum absolute atomic E-state index is 0.118. The van der Waals surface area contributed by atoms with Crippen molar-refractivity contribution < 1.29 is 9.13 Å². The number of nitrogens with two attached hydrogens (primary N) is 1. The Hall–Kier alpha value is -1.13. The first-order valence-corrected chi connectivity index (χ1v) is 5.88. The maximum absolute atomic E-state index is 13.6. The number of ether oxygens (including phenoxy) is 1. The van der Waals surface area contributed by atoms with Gasteiger partial charge in [-0.1, -0.05) is 6.07 Å². The van der Waals surface area contributed by atoms with Crippen LogP contribution in [0.25, 0.3) is 0 Å². The first-order chi connectivity index (χ1) is 8.02. The Morgan fingerprint density at radius 1 is 1.47 bits per heavy atom. The maximum atomic E-state index is 13.6. The summed E-state index contributed by atoms with van der Waals surface area (Å²) in [5.41, 5.74) is 6.63. The molecule has 4 heteroatoms. The van der Waals surface area contributed by atoms with E-state index in [1.807, 2.05) is 27.0 Å². The molecule has 1 aromatic rings. The Bertz CT molecular complexity index is 355. The van der Waals surface area contributed by atoms with Crippen LogP contribution in [0.1, 0.15) is 19.4 Å². The van der Waals surface area contributed by atoms with Gasteiger partial charge in [0.25, 0.3) is 0 Å². The van der Waals surface area contributed by atoms with Crippen molar-refractivity contribution in [2.45, 2.75) is 26.4 Å². The van der Waals surface area contributed by atoms with Crippen LogP contribution in [0.15, 0.2) is 18.2 Å². The molecule has 1 aromatic carbocycles. The summed E-state index contributed by atoms with van der Waals surface area (Å²) >= 11 is 0. The van der Waals surface area contributed by atoms with Gasteiger partial charge < -0.3 is 15.4 Å². The number of benzene rings is 1. The zero-order chi connectivity index (χ0) is 12.8. The largest absolute Gasteiger partial charge is 0.491 e. The fraction of sp³-hybridized carbons (Fsp3) is 0.538. The maximum Gasteiger partial charge on any atom is 0.165 e. The van der Waals surface area contributed by atoms with Gasteiger partial charge in [0.2, 0.25) is 0 Å². The van der Waals surface area contributed by atoms with Crippen LogP contribution in [0.4, 0.5) is 4.39 Å². The molecule has 0 aliphatic heterocycles. The van der Waals surface area contributed by atoms with Crippen molar-refractivity contribution in [3.63, 3.8) is 0 Å². The molecule has 0 saturated carbocycles. The molecule has 0 spiro atoms. The van der Waals surface area contributed by atoms with E-state index in [2.05, 4.69) is 4.90 Å². The van der Waals surface area contributed by atoms with Crippen LogP contribution < -0.4 is 10.5 Å². The SMILES string of the molecule is CCOc1ccc(CN(C)CC(C)N)cc1F. The summed E-state index contributed by atoms with van der Waals surface area (Å²) in [5.74, 6) is 0.00430. The van der Waals surface area contributed by atoms with Gasteiger partial charge in [0.1, 0.15) is 0 Å². The van der Waals surface area contributed by atoms with Gasteiger partial charge in [-0.05, 0) is 38.6 Å². The summed E-state index contributed by atoms with van der Waals surface area (Å²) in [7, 11) is 1.97. The number of rotatable bonds is 6. The molecule has 0 bridgehead atoms. The molecule has 0 amide bonds. The smallest absolute Gasteiger partial charge is 0.165 e. The lowest BCUT2D eigenvalue weighted by Gasteiger charge is -2.19. The van der Waals surface area contributed by atoms with Gasteiger partial charge in [0, 0.05) is 19.1 Å².